The quantitative estimate of drug-likeness (QED) is 0.865. The minimum absolute atomic E-state index is 0.158. The summed E-state index contributed by atoms with van der Waals surface area (Å²) in [5.41, 5.74) is 2.49. The van der Waals surface area contributed by atoms with Gasteiger partial charge in [-0.25, -0.2) is 0 Å². The van der Waals surface area contributed by atoms with Gasteiger partial charge in [0.15, 0.2) is 0 Å². The molecule has 1 N–H and O–H groups in total. The third-order valence-electron chi connectivity index (χ3n) is 3.98. The third kappa shape index (κ3) is 1.52. The van der Waals surface area contributed by atoms with Gasteiger partial charge >= 0.3 is 0 Å². The van der Waals surface area contributed by atoms with Gasteiger partial charge in [0.1, 0.15) is 11.4 Å². The van der Waals surface area contributed by atoms with Gasteiger partial charge in [-0.1, -0.05) is 18.2 Å². The number of rotatable bonds is 3. The monoisotopic (exact) mass is 245 g/mol. The van der Waals surface area contributed by atoms with E-state index in [-0.39, 0.29) is 5.54 Å². The number of hydrogen-bond acceptors (Lipinski definition) is 4. The zero-order chi connectivity index (χ0) is 12.6. The maximum Gasteiger partial charge on any atom is 0.125 e. The first-order valence-corrected chi connectivity index (χ1v) is 6.37. The second-order valence-electron chi connectivity index (χ2n) is 4.99. The Kier molecular flexibility index (Phi) is 2.74. The van der Waals surface area contributed by atoms with Crippen LogP contribution in [0, 0.1) is 0 Å². The van der Waals surface area contributed by atoms with Crippen molar-refractivity contribution >= 4 is 11.5 Å². The van der Waals surface area contributed by atoms with Gasteiger partial charge in [0, 0.05) is 32.8 Å². The van der Waals surface area contributed by atoms with E-state index in [4.69, 9.17) is 4.74 Å². The van der Waals surface area contributed by atoms with Crippen LogP contribution in [0.5, 0.6) is 0 Å². The van der Waals surface area contributed by atoms with E-state index in [9.17, 15) is 0 Å². The van der Waals surface area contributed by atoms with Gasteiger partial charge < -0.3 is 15.0 Å². The number of aliphatic imine (C=N–C) groups is 1. The number of ether oxygens (including phenoxy) is 1. The van der Waals surface area contributed by atoms with Crippen LogP contribution in [-0.2, 0) is 11.2 Å². The predicted octanol–water partition coefficient (Wildman–Crippen LogP) is 1.07. The Bertz CT molecular complexity index is 486. The molecule has 4 heteroatoms. The molecule has 0 bridgehead atoms. The van der Waals surface area contributed by atoms with Crippen molar-refractivity contribution in [2.75, 3.05) is 38.8 Å². The van der Waals surface area contributed by atoms with Gasteiger partial charge in [0.2, 0.25) is 0 Å². The lowest BCUT2D eigenvalue weighted by atomic mass is 9.93. The fourth-order valence-corrected chi connectivity index (χ4v) is 3.06. The summed E-state index contributed by atoms with van der Waals surface area (Å²) < 4.78 is 5.48. The molecule has 0 saturated heterocycles. The molecule has 0 aliphatic carbocycles. The largest absolute Gasteiger partial charge is 0.382 e. The smallest absolute Gasteiger partial charge is 0.125 e. The van der Waals surface area contributed by atoms with Crippen LogP contribution in [0.2, 0.25) is 0 Å². The van der Waals surface area contributed by atoms with E-state index >= 15 is 0 Å². The minimum Gasteiger partial charge on any atom is -0.382 e. The normalized spacial score (nSPS) is 25.9. The number of nitrogens with one attached hydrogen (secondary N) is 1. The second-order valence-corrected chi connectivity index (χ2v) is 4.99. The molecule has 0 aromatic heterocycles. The number of likely N-dealkylation sites (N-methyl/N-ethyl adjacent to an activating group) is 1. The fourth-order valence-electron chi connectivity index (χ4n) is 3.06. The summed E-state index contributed by atoms with van der Waals surface area (Å²) in [5, 5.41) is 3.42. The molecule has 0 amide bonds. The Morgan fingerprint density at radius 1 is 1.44 bits per heavy atom. The highest BCUT2D eigenvalue weighted by Crippen LogP contribution is 2.38. The summed E-state index contributed by atoms with van der Waals surface area (Å²) in [7, 11) is 3.89. The van der Waals surface area contributed by atoms with E-state index in [0.717, 1.165) is 25.3 Å². The summed E-state index contributed by atoms with van der Waals surface area (Å²) in [6.45, 7) is 2.46. The van der Waals surface area contributed by atoms with Gasteiger partial charge in [-0.15, -0.1) is 0 Å². The van der Waals surface area contributed by atoms with Crippen LogP contribution in [0.4, 0.5) is 5.69 Å². The Hall–Kier alpha value is -1.55. The molecule has 0 saturated carbocycles. The average molecular weight is 245 g/mol. The number of anilines is 1. The molecule has 0 unspecified atom stereocenters. The van der Waals surface area contributed by atoms with E-state index in [2.05, 4.69) is 46.5 Å². The third-order valence-corrected chi connectivity index (χ3v) is 3.98. The number of para-hydroxylation sites is 1. The van der Waals surface area contributed by atoms with Crippen LogP contribution < -0.4 is 10.2 Å². The Morgan fingerprint density at radius 2 is 2.28 bits per heavy atom. The Labute approximate surface area is 108 Å². The first kappa shape index (κ1) is 11.5. The number of methoxy groups -OCH3 is 1. The highest BCUT2D eigenvalue weighted by Gasteiger charge is 2.46. The lowest BCUT2D eigenvalue weighted by Gasteiger charge is -2.37. The molecular weight excluding hydrogens is 226 g/mol. The van der Waals surface area contributed by atoms with Gasteiger partial charge in [0.05, 0.1) is 13.2 Å². The van der Waals surface area contributed by atoms with Crippen molar-refractivity contribution in [3.05, 3.63) is 29.8 Å². The van der Waals surface area contributed by atoms with Crippen LogP contribution >= 0.6 is 0 Å². The molecule has 1 aromatic carbocycles. The molecular formula is C14H19N3O. The predicted molar refractivity (Wildman–Crippen MR) is 73.5 cm³/mol. The number of fused-ring (bicyclic) bond motifs is 1. The van der Waals surface area contributed by atoms with Gasteiger partial charge in [0.25, 0.3) is 0 Å². The first-order valence-electron chi connectivity index (χ1n) is 6.37. The van der Waals surface area contributed by atoms with Crippen molar-refractivity contribution in [1.82, 2.24) is 5.32 Å². The number of benzene rings is 1. The lowest BCUT2D eigenvalue weighted by Crippen LogP contribution is -2.58. The molecule has 2 aliphatic heterocycles. The molecule has 96 valence electrons. The van der Waals surface area contributed by atoms with Crippen LogP contribution in [0.1, 0.15) is 5.56 Å². The number of nitrogens with zero attached hydrogens (tertiary/aromatic N) is 2. The highest BCUT2D eigenvalue weighted by molar-refractivity contribution is 5.98. The molecule has 4 nitrogen and oxygen atoms in total. The van der Waals surface area contributed by atoms with Crippen molar-refractivity contribution < 1.29 is 4.74 Å². The fraction of sp³-hybridized carbons (Fsp3) is 0.500. The zero-order valence-corrected chi connectivity index (χ0v) is 10.9. The number of hydrogen-bond donors (Lipinski definition) is 1. The highest BCUT2D eigenvalue weighted by atomic mass is 16.5. The van der Waals surface area contributed by atoms with E-state index < -0.39 is 0 Å². The molecule has 1 atom stereocenters. The van der Waals surface area contributed by atoms with Crippen LogP contribution in [-0.4, -0.2) is 45.2 Å². The zero-order valence-electron chi connectivity index (χ0n) is 10.9. The van der Waals surface area contributed by atoms with Crippen LogP contribution in [0.25, 0.3) is 0 Å². The van der Waals surface area contributed by atoms with Gasteiger partial charge in [-0.2, -0.15) is 0 Å². The van der Waals surface area contributed by atoms with E-state index in [1.165, 1.54) is 11.3 Å². The van der Waals surface area contributed by atoms with Crippen LogP contribution in [0.15, 0.2) is 29.3 Å². The van der Waals surface area contributed by atoms with Crippen molar-refractivity contribution in [3.63, 3.8) is 0 Å². The minimum atomic E-state index is -0.158. The maximum absolute atomic E-state index is 5.48. The molecule has 2 aliphatic rings. The molecule has 0 spiro atoms. The van der Waals surface area contributed by atoms with Crippen molar-refractivity contribution in [2.45, 2.75) is 12.0 Å². The summed E-state index contributed by atoms with van der Waals surface area (Å²) >= 11 is 0. The average Bonchev–Trinajstić information content (AvgIpc) is 2.99. The number of amidine groups is 1. The van der Waals surface area contributed by atoms with Crippen molar-refractivity contribution in [3.8, 4) is 0 Å². The van der Waals surface area contributed by atoms with E-state index in [1.54, 1.807) is 7.11 Å². The van der Waals surface area contributed by atoms with E-state index in [1.807, 2.05) is 0 Å². The summed E-state index contributed by atoms with van der Waals surface area (Å²) in [6, 6.07) is 8.54. The topological polar surface area (TPSA) is 36.9 Å². The SMILES string of the molecule is COC[C@@]1(C2=NCCN2)Cc2ccccc2N1C. The first-order chi connectivity index (χ1) is 8.78. The standard InChI is InChI=1S/C14H19N3O/c1-17-12-6-4-3-5-11(12)9-14(17,10-18-2)13-15-7-8-16-13/h3-6H,7-10H2,1-2H3,(H,15,16)/t14-/m1/s1. The summed E-state index contributed by atoms with van der Waals surface area (Å²) in [5.74, 6) is 1.07. The summed E-state index contributed by atoms with van der Waals surface area (Å²) in [6.07, 6.45) is 0.958. The lowest BCUT2D eigenvalue weighted by molar-refractivity contribution is 0.160. The van der Waals surface area contributed by atoms with Crippen LogP contribution in [0.3, 0.4) is 0 Å². The van der Waals surface area contributed by atoms with Gasteiger partial charge in [-0.05, 0) is 11.6 Å². The molecule has 1 aromatic rings. The molecule has 0 fully saturated rings. The second kappa shape index (κ2) is 4.28. The van der Waals surface area contributed by atoms with Crippen molar-refractivity contribution in [2.24, 2.45) is 4.99 Å². The van der Waals surface area contributed by atoms with Crippen molar-refractivity contribution in [1.29, 1.82) is 0 Å². The molecule has 3 rings (SSSR count). The molecule has 18 heavy (non-hydrogen) atoms. The molecule has 0 radical (unpaired) electrons. The van der Waals surface area contributed by atoms with Gasteiger partial charge in [-0.3, -0.25) is 4.99 Å². The summed E-state index contributed by atoms with van der Waals surface area (Å²) in [4.78, 5) is 6.93. The Balaban J connectivity index is 2.03. The van der Waals surface area contributed by atoms with E-state index in [0.29, 0.717) is 6.61 Å². The Morgan fingerprint density at radius 3 is 2.94 bits per heavy atom. The molecule has 2 heterocycles. The maximum atomic E-state index is 5.48.